The predicted octanol–water partition coefficient (Wildman–Crippen LogP) is 7.06. The normalized spacial score (nSPS) is 17.3. The van der Waals surface area contributed by atoms with E-state index in [0.717, 1.165) is 70.4 Å². The first-order valence-electron chi connectivity index (χ1n) is 20.7. The standard InChI is InChI=1S/C46H50N10O5/c1-27(2)39(54-46(60)61-4)43(57)55-22-8-12-37(55)42-49-26-36(52-42)32-19-21-34-31(24-32)18-20-33(50-34)28-14-16-29(17-15-28)35-25-48-41(51-35)38-13-9-23-56(38)44(58)40(53-45(59)47-3)30-10-6-5-7-11-30/h5-7,10-11,14-21,24-27,37-40H,8-9,12-13,22-23H2,1-4H3,(H,48,51)(H,49,52)(H,54,60)(H2,47,53,59). The summed E-state index contributed by atoms with van der Waals surface area (Å²) in [6.45, 7) is 4.95. The number of aromatic nitrogens is 5. The summed E-state index contributed by atoms with van der Waals surface area (Å²) in [4.78, 5) is 76.8. The Morgan fingerprint density at radius 1 is 0.738 bits per heavy atom. The highest BCUT2D eigenvalue weighted by Gasteiger charge is 2.38. The summed E-state index contributed by atoms with van der Waals surface area (Å²) < 4.78 is 4.77. The number of urea groups is 1. The summed E-state index contributed by atoms with van der Waals surface area (Å²) >= 11 is 0. The average molecular weight is 823 g/mol. The number of nitrogens with one attached hydrogen (secondary N) is 5. The Labute approximate surface area is 353 Å². The predicted molar refractivity (Wildman–Crippen MR) is 231 cm³/mol. The Hall–Kier alpha value is -7.03. The first-order valence-corrected chi connectivity index (χ1v) is 20.7. The monoisotopic (exact) mass is 822 g/mol. The molecule has 0 radical (unpaired) electrons. The summed E-state index contributed by atoms with van der Waals surface area (Å²) in [5.74, 6) is 0.983. The molecule has 8 rings (SSSR count). The van der Waals surface area contributed by atoms with Crippen molar-refractivity contribution in [1.82, 2.24) is 50.7 Å². The molecule has 2 fully saturated rings. The number of likely N-dealkylation sites (tertiary alicyclic amines) is 2. The lowest BCUT2D eigenvalue weighted by molar-refractivity contribution is -0.135. The smallest absolute Gasteiger partial charge is 0.407 e. The topological polar surface area (TPSA) is 190 Å². The zero-order valence-electron chi connectivity index (χ0n) is 34.6. The third-order valence-corrected chi connectivity index (χ3v) is 11.7. The fourth-order valence-corrected chi connectivity index (χ4v) is 8.39. The van der Waals surface area contributed by atoms with Crippen LogP contribution in [0.5, 0.6) is 0 Å². The minimum atomic E-state index is -0.823. The van der Waals surface area contributed by atoms with Gasteiger partial charge in [0.25, 0.3) is 0 Å². The van der Waals surface area contributed by atoms with E-state index >= 15 is 0 Å². The number of amides is 5. The summed E-state index contributed by atoms with van der Waals surface area (Å²) in [6.07, 6.45) is 6.17. The van der Waals surface area contributed by atoms with Crippen molar-refractivity contribution in [1.29, 1.82) is 0 Å². The number of fused-ring (bicyclic) bond motifs is 1. The molecule has 0 spiro atoms. The second-order valence-electron chi connectivity index (χ2n) is 15.8. The van der Waals surface area contributed by atoms with E-state index < -0.39 is 24.2 Å². The molecule has 3 aromatic heterocycles. The van der Waals surface area contributed by atoms with Crippen LogP contribution in [0.1, 0.15) is 74.9 Å². The van der Waals surface area contributed by atoms with Crippen LogP contribution in [0.15, 0.2) is 97.3 Å². The summed E-state index contributed by atoms with van der Waals surface area (Å²) in [7, 11) is 2.82. The van der Waals surface area contributed by atoms with Gasteiger partial charge >= 0.3 is 12.1 Å². The molecule has 61 heavy (non-hydrogen) atoms. The van der Waals surface area contributed by atoms with E-state index in [9.17, 15) is 19.2 Å². The quantitative estimate of drug-likeness (QED) is 0.0918. The number of methoxy groups -OCH3 is 1. The number of H-pyrrole nitrogens is 2. The van der Waals surface area contributed by atoms with Crippen molar-refractivity contribution in [2.75, 3.05) is 27.2 Å². The van der Waals surface area contributed by atoms with Crippen molar-refractivity contribution < 1.29 is 23.9 Å². The van der Waals surface area contributed by atoms with Gasteiger partial charge in [0.05, 0.1) is 54.2 Å². The van der Waals surface area contributed by atoms with E-state index in [1.165, 1.54) is 14.2 Å². The Morgan fingerprint density at radius 3 is 1.97 bits per heavy atom. The number of carbonyl (C=O) groups is 4. The van der Waals surface area contributed by atoms with Crippen LogP contribution in [0.3, 0.4) is 0 Å². The van der Waals surface area contributed by atoms with E-state index in [-0.39, 0.29) is 29.8 Å². The molecule has 6 aromatic rings. The second-order valence-corrected chi connectivity index (χ2v) is 15.8. The molecule has 0 saturated carbocycles. The summed E-state index contributed by atoms with van der Waals surface area (Å²) in [6, 6.07) is 25.2. The molecule has 0 aliphatic carbocycles. The van der Waals surface area contributed by atoms with Crippen LogP contribution in [0.25, 0.3) is 44.7 Å². The number of imidazole rings is 2. The molecule has 15 nitrogen and oxygen atoms in total. The fraction of sp³-hybridized carbons (Fsp3) is 0.326. The molecule has 4 atom stereocenters. The highest BCUT2D eigenvalue weighted by Crippen LogP contribution is 2.36. The lowest BCUT2D eigenvalue weighted by Crippen LogP contribution is -2.51. The van der Waals surface area contributed by atoms with Crippen molar-refractivity contribution in [2.45, 2.75) is 63.7 Å². The van der Waals surface area contributed by atoms with Gasteiger partial charge < -0.3 is 40.5 Å². The van der Waals surface area contributed by atoms with Crippen molar-refractivity contribution in [3.63, 3.8) is 0 Å². The molecular weight excluding hydrogens is 773 g/mol. The van der Waals surface area contributed by atoms with Gasteiger partial charge in [0.2, 0.25) is 11.8 Å². The van der Waals surface area contributed by atoms with Gasteiger partial charge in [-0.05, 0) is 60.9 Å². The van der Waals surface area contributed by atoms with Gasteiger partial charge in [0.1, 0.15) is 23.7 Å². The van der Waals surface area contributed by atoms with E-state index in [0.29, 0.717) is 30.3 Å². The van der Waals surface area contributed by atoms with Crippen LogP contribution in [0.4, 0.5) is 9.59 Å². The Kier molecular flexibility index (Phi) is 11.8. The highest BCUT2D eigenvalue weighted by molar-refractivity contribution is 5.89. The van der Waals surface area contributed by atoms with Crippen molar-refractivity contribution in [3.8, 4) is 33.8 Å². The van der Waals surface area contributed by atoms with E-state index in [1.807, 2.05) is 91.5 Å². The van der Waals surface area contributed by atoms with Crippen LogP contribution in [0.2, 0.25) is 0 Å². The average Bonchev–Trinajstić information content (AvgIpc) is 4.14. The van der Waals surface area contributed by atoms with Crippen molar-refractivity contribution in [3.05, 3.63) is 115 Å². The molecule has 3 aromatic carbocycles. The molecule has 0 bridgehead atoms. The number of alkyl carbamates (subject to hydrolysis) is 1. The third kappa shape index (κ3) is 8.54. The number of rotatable bonds is 11. The number of ether oxygens (including phenoxy) is 1. The van der Waals surface area contributed by atoms with Gasteiger partial charge in [-0.3, -0.25) is 9.59 Å². The van der Waals surface area contributed by atoms with Gasteiger partial charge in [-0.2, -0.15) is 0 Å². The first kappa shape index (κ1) is 40.7. The van der Waals surface area contributed by atoms with Gasteiger partial charge in [0, 0.05) is 36.7 Å². The largest absolute Gasteiger partial charge is 0.453 e. The molecule has 2 aliphatic heterocycles. The van der Waals surface area contributed by atoms with Crippen LogP contribution in [-0.4, -0.2) is 91.9 Å². The zero-order chi connectivity index (χ0) is 42.6. The number of carbonyl (C=O) groups excluding carboxylic acids is 4. The Morgan fingerprint density at radius 2 is 1.34 bits per heavy atom. The maximum Gasteiger partial charge on any atom is 0.407 e. The number of hydrogen-bond donors (Lipinski definition) is 5. The van der Waals surface area contributed by atoms with Crippen LogP contribution in [-0.2, 0) is 14.3 Å². The third-order valence-electron chi connectivity index (χ3n) is 11.7. The van der Waals surface area contributed by atoms with Gasteiger partial charge in [-0.1, -0.05) is 80.6 Å². The number of benzene rings is 3. The minimum Gasteiger partial charge on any atom is -0.453 e. The highest BCUT2D eigenvalue weighted by atomic mass is 16.5. The molecule has 4 unspecified atom stereocenters. The zero-order valence-corrected chi connectivity index (χ0v) is 34.6. The SMILES string of the molecule is CNC(=O)NC(C(=O)N1CCCC1c1ncc(-c2ccc(-c3ccc4cc(-c5cnc(C6CCCN6C(=O)C(NC(=O)OC)C(C)C)[nH]5)ccc4n3)cc2)[nH]1)c1ccccc1. The Bertz CT molecular complexity index is 2530. The molecule has 15 heteroatoms. The van der Waals surface area contributed by atoms with Gasteiger partial charge in [-0.25, -0.2) is 24.5 Å². The first-order chi connectivity index (χ1) is 29.6. The lowest BCUT2D eigenvalue weighted by atomic mass is 10.0. The van der Waals surface area contributed by atoms with E-state index in [4.69, 9.17) is 19.7 Å². The molecular formula is C46H50N10O5. The molecule has 5 N–H and O–H groups in total. The summed E-state index contributed by atoms with van der Waals surface area (Å²) in [5, 5.41) is 9.06. The molecule has 2 aliphatic rings. The maximum absolute atomic E-state index is 13.9. The second kappa shape index (κ2) is 17.7. The maximum atomic E-state index is 13.9. The lowest BCUT2D eigenvalue weighted by Gasteiger charge is -2.30. The van der Waals surface area contributed by atoms with Crippen LogP contribution >= 0.6 is 0 Å². The fourth-order valence-electron chi connectivity index (χ4n) is 8.39. The van der Waals surface area contributed by atoms with Crippen LogP contribution in [0, 0.1) is 5.92 Å². The molecule has 2 saturated heterocycles. The number of nitrogens with zero attached hydrogens (tertiary/aromatic N) is 5. The molecule has 314 valence electrons. The number of pyridine rings is 1. The summed E-state index contributed by atoms with van der Waals surface area (Å²) in [5.41, 5.74) is 6.96. The molecule has 5 amide bonds. The minimum absolute atomic E-state index is 0.113. The number of aromatic amines is 2. The van der Waals surface area contributed by atoms with E-state index in [2.05, 4.69) is 38.1 Å². The van der Waals surface area contributed by atoms with Crippen LogP contribution < -0.4 is 16.0 Å². The van der Waals surface area contributed by atoms with Crippen molar-refractivity contribution in [2.24, 2.45) is 5.92 Å². The van der Waals surface area contributed by atoms with Gasteiger partial charge in [0.15, 0.2) is 0 Å². The van der Waals surface area contributed by atoms with Crippen molar-refractivity contribution >= 4 is 34.8 Å². The molecule has 5 heterocycles. The number of hydrogen-bond acceptors (Lipinski definition) is 8. The van der Waals surface area contributed by atoms with Gasteiger partial charge in [-0.15, -0.1) is 0 Å². The van der Waals surface area contributed by atoms with E-state index in [1.54, 1.807) is 17.3 Å². The Balaban J connectivity index is 0.942.